The Labute approximate surface area is 220 Å². The molecule has 0 heterocycles. The number of alkyl carbamates (subject to hydrolysis) is 1. The average molecular weight is 512 g/mol. The summed E-state index contributed by atoms with van der Waals surface area (Å²) in [6.07, 6.45) is 0.491. The molecule has 0 bridgehead atoms. The van der Waals surface area contributed by atoms with Gasteiger partial charge in [0.05, 0.1) is 0 Å². The number of carbonyl (C=O) groups is 3. The molecule has 202 valence electrons. The fourth-order valence-corrected chi connectivity index (χ4v) is 3.95. The second-order valence-electron chi connectivity index (χ2n) is 10.2. The lowest BCUT2D eigenvalue weighted by molar-refractivity contribution is -0.143. The van der Waals surface area contributed by atoms with E-state index < -0.39 is 35.6 Å². The maximum atomic E-state index is 14.0. The standard InChI is InChI=1S/C29H41N3O5/c1-7-18-32(27(35)24(20(3)8-2)31-28(36)37-29(4,5)6)25(22-16-12-13-17-23(22)33)26(34)30-19-21-14-10-9-11-15-21/h9-17,20,24-25,33H,7-8,18-19H2,1-6H3,(H,30,34)(H,31,36). The zero-order chi connectivity index (χ0) is 27.6. The van der Waals surface area contributed by atoms with E-state index >= 15 is 0 Å². The third kappa shape index (κ3) is 8.81. The minimum Gasteiger partial charge on any atom is -0.508 e. The fourth-order valence-electron chi connectivity index (χ4n) is 3.95. The summed E-state index contributed by atoms with van der Waals surface area (Å²) in [6.45, 7) is 11.5. The lowest BCUT2D eigenvalue weighted by Gasteiger charge is -2.36. The zero-order valence-corrected chi connectivity index (χ0v) is 22.8. The minimum absolute atomic E-state index is 0.0866. The van der Waals surface area contributed by atoms with Crippen molar-refractivity contribution in [3.8, 4) is 5.75 Å². The van der Waals surface area contributed by atoms with Gasteiger partial charge in [-0.15, -0.1) is 0 Å². The maximum absolute atomic E-state index is 14.0. The van der Waals surface area contributed by atoms with Crippen molar-refractivity contribution in [3.05, 3.63) is 65.7 Å². The number of hydrogen-bond donors (Lipinski definition) is 3. The van der Waals surface area contributed by atoms with Gasteiger partial charge in [-0.1, -0.05) is 75.7 Å². The fraction of sp³-hybridized carbons (Fsp3) is 0.483. The minimum atomic E-state index is -1.09. The van der Waals surface area contributed by atoms with Crippen LogP contribution in [0.5, 0.6) is 5.75 Å². The first-order chi connectivity index (χ1) is 17.5. The molecule has 0 aliphatic carbocycles. The van der Waals surface area contributed by atoms with Crippen molar-refractivity contribution in [1.82, 2.24) is 15.5 Å². The first kappa shape index (κ1) is 29.7. The van der Waals surface area contributed by atoms with Gasteiger partial charge in [0.25, 0.3) is 0 Å². The molecule has 2 aromatic rings. The van der Waals surface area contributed by atoms with Crippen molar-refractivity contribution in [2.45, 2.75) is 78.6 Å². The molecule has 37 heavy (non-hydrogen) atoms. The van der Waals surface area contributed by atoms with Crippen molar-refractivity contribution in [1.29, 1.82) is 0 Å². The number of para-hydroxylation sites is 1. The van der Waals surface area contributed by atoms with E-state index in [1.807, 2.05) is 51.1 Å². The first-order valence-electron chi connectivity index (χ1n) is 12.9. The lowest BCUT2D eigenvalue weighted by atomic mass is 9.95. The molecule has 8 nitrogen and oxygen atoms in total. The second kappa shape index (κ2) is 13.7. The molecule has 3 unspecified atom stereocenters. The van der Waals surface area contributed by atoms with Gasteiger partial charge in [-0.2, -0.15) is 0 Å². The van der Waals surface area contributed by atoms with Crippen LogP contribution in [-0.2, 0) is 20.9 Å². The van der Waals surface area contributed by atoms with E-state index in [0.717, 1.165) is 5.56 Å². The number of phenolic OH excluding ortho intramolecular Hbond substituents is 1. The highest BCUT2D eigenvalue weighted by molar-refractivity contribution is 5.92. The van der Waals surface area contributed by atoms with Crippen LogP contribution in [0.2, 0.25) is 0 Å². The van der Waals surface area contributed by atoms with Crippen LogP contribution in [-0.4, -0.2) is 46.1 Å². The van der Waals surface area contributed by atoms with Crippen molar-refractivity contribution in [2.24, 2.45) is 5.92 Å². The molecule has 3 atom stereocenters. The number of nitrogens with zero attached hydrogens (tertiary/aromatic N) is 1. The van der Waals surface area contributed by atoms with Gasteiger partial charge in [-0.25, -0.2) is 4.79 Å². The van der Waals surface area contributed by atoms with E-state index in [2.05, 4.69) is 10.6 Å². The number of hydrogen-bond acceptors (Lipinski definition) is 5. The predicted molar refractivity (Wildman–Crippen MR) is 144 cm³/mol. The number of amides is 3. The summed E-state index contributed by atoms with van der Waals surface area (Å²) in [7, 11) is 0. The molecule has 2 rings (SSSR count). The van der Waals surface area contributed by atoms with Crippen LogP contribution in [0.3, 0.4) is 0 Å². The topological polar surface area (TPSA) is 108 Å². The number of rotatable bonds is 11. The third-order valence-electron chi connectivity index (χ3n) is 6.00. The Morgan fingerprint density at radius 2 is 1.62 bits per heavy atom. The first-order valence-corrected chi connectivity index (χ1v) is 12.9. The summed E-state index contributed by atoms with van der Waals surface area (Å²) >= 11 is 0. The van der Waals surface area contributed by atoms with Gasteiger partial charge in [0, 0.05) is 18.7 Å². The predicted octanol–water partition coefficient (Wildman–Crippen LogP) is 4.93. The normalized spacial score (nSPS) is 13.7. The van der Waals surface area contributed by atoms with E-state index in [-0.39, 0.29) is 24.8 Å². The molecular weight excluding hydrogens is 470 g/mol. The van der Waals surface area contributed by atoms with Crippen LogP contribution < -0.4 is 10.6 Å². The van der Waals surface area contributed by atoms with E-state index in [9.17, 15) is 19.5 Å². The van der Waals surface area contributed by atoms with Gasteiger partial charge < -0.3 is 25.4 Å². The molecule has 0 aliphatic heterocycles. The monoisotopic (exact) mass is 511 g/mol. The molecule has 3 N–H and O–H groups in total. The Hall–Kier alpha value is -3.55. The number of carbonyl (C=O) groups excluding carboxylic acids is 3. The average Bonchev–Trinajstić information content (AvgIpc) is 2.85. The van der Waals surface area contributed by atoms with E-state index in [4.69, 9.17) is 4.74 Å². The van der Waals surface area contributed by atoms with E-state index in [1.54, 1.807) is 39.0 Å². The molecule has 0 spiro atoms. The molecule has 0 radical (unpaired) electrons. The van der Waals surface area contributed by atoms with Gasteiger partial charge in [0.15, 0.2) is 0 Å². The second-order valence-corrected chi connectivity index (χ2v) is 10.2. The summed E-state index contributed by atoms with van der Waals surface area (Å²) in [6, 6.07) is 14.0. The van der Waals surface area contributed by atoms with Gasteiger partial charge in [0.2, 0.25) is 11.8 Å². The van der Waals surface area contributed by atoms with E-state index in [0.29, 0.717) is 18.4 Å². The molecule has 3 amide bonds. The molecular formula is C29H41N3O5. The highest BCUT2D eigenvalue weighted by Gasteiger charge is 2.38. The maximum Gasteiger partial charge on any atom is 0.408 e. The third-order valence-corrected chi connectivity index (χ3v) is 6.00. The summed E-state index contributed by atoms with van der Waals surface area (Å²) < 4.78 is 5.41. The summed E-state index contributed by atoms with van der Waals surface area (Å²) in [5.41, 5.74) is 0.491. The number of aromatic hydroxyl groups is 1. The Balaban J connectivity index is 2.45. The number of phenols is 1. The van der Waals surface area contributed by atoms with Crippen LogP contribution in [0.15, 0.2) is 54.6 Å². The number of ether oxygens (including phenoxy) is 1. The van der Waals surface area contributed by atoms with Crippen LogP contribution in [0.25, 0.3) is 0 Å². The van der Waals surface area contributed by atoms with E-state index in [1.165, 1.54) is 11.0 Å². The van der Waals surface area contributed by atoms with Crippen molar-refractivity contribution in [2.75, 3.05) is 6.54 Å². The molecule has 0 aliphatic rings. The van der Waals surface area contributed by atoms with Gasteiger partial charge in [-0.05, 0) is 44.7 Å². The Bertz CT molecular complexity index is 1040. The van der Waals surface area contributed by atoms with Gasteiger partial charge in [0.1, 0.15) is 23.4 Å². The van der Waals surface area contributed by atoms with Gasteiger partial charge >= 0.3 is 6.09 Å². The van der Waals surface area contributed by atoms with Crippen LogP contribution in [0, 0.1) is 5.92 Å². The van der Waals surface area contributed by atoms with Crippen molar-refractivity contribution in [3.63, 3.8) is 0 Å². The summed E-state index contributed by atoms with van der Waals surface area (Å²) in [5, 5.41) is 16.3. The van der Waals surface area contributed by atoms with Gasteiger partial charge in [-0.3, -0.25) is 9.59 Å². The summed E-state index contributed by atoms with van der Waals surface area (Å²) in [4.78, 5) is 41.8. The highest BCUT2D eigenvalue weighted by Crippen LogP contribution is 2.30. The van der Waals surface area contributed by atoms with Crippen LogP contribution >= 0.6 is 0 Å². The molecule has 0 saturated heterocycles. The number of benzene rings is 2. The van der Waals surface area contributed by atoms with Crippen molar-refractivity contribution < 1.29 is 24.2 Å². The molecule has 0 aromatic heterocycles. The molecule has 0 saturated carbocycles. The molecule has 2 aromatic carbocycles. The Morgan fingerprint density at radius 3 is 2.19 bits per heavy atom. The highest BCUT2D eigenvalue weighted by atomic mass is 16.6. The number of nitrogens with one attached hydrogen (secondary N) is 2. The quantitative estimate of drug-likeness (QED) is 0.397. The van der Waals surface area contributed by atoms with Crippen molar-refractivity contribution >= 4 is 17.9 Å². The smallest absolute Gasteiger partial charge is 0.408 e. The SMILES string of the molecule is CCCN(C(=O)C(NC(=O)OC(C)(C)C)C(C)CC)C(C(=O)NCc1ccccc1)c1ccccc1O. The Kier molecular flexibility index (Phi) is 11.0. The molecule has 8 heteroatoms. The van der Waals surface area contributed by atoms with Crippen LogP contribution in [0.4, 0.5) is 4.79 Å². The summed E-state index contributed by atoms with van der Waals surface area (Å²) in [5.74, 6) is -1.15. The molecule has 0 fully saturated rings. The Morgan fingerprint density at radius 1 is 1.00 bits per heavy atom. The zero-order valence-electron chi connectivity index (χ0n) is 22.8. The van der Waals surface area contributed by atoms with Crippen LogP contribution in [0.1, 0.15) is 71.6 Å². The largest absolute Gasteiger partial charge is 0.508 e. The lowest BCUT2D eigenvalue weighted by Crippen LogP contribution is -2.55.